The number of piperidine rings is 1. The fourth-order valence-electron chi connectivity index (χ4n) is 2.29. The van der Waals surface area contributed by atoms with Gasteiger partial charge in [-0.05, 0) is 41.6 Å². The number of aromatic nitrogens is 1. The van der Waals surface area contributed by atoms with Gasteiger partial charge in [0, 0.05) is 25.3 Å². The van der Waals surface area contributed by atoms with Gasteiger partial charge in [0.25, 0.3) is 5.69 Å². The molecule has 2 heterocycles. The molecule has 2 rings (SSSR count). The molecule has 1 aliphatic heterocycles. The fraction of sp³-hybridized carbons (Fsp3) is 0.583. The Hall–Kier alpha value is -1.21. The lowest BCUT2D eigenvalue weighted by atomic mass is 9.98. The highest BCUT2D eigenvalue weighted by Gasteiger charge is 2.24. The van der Waals surface area contributed by atoms with E-state index in [1.165, 1.54) is 6.20 Å². The lowest BCUT2D eigenvalue weighted by molar-refractivity contribution is -0.385. The molecule has 1 N–H and O–H groups in total. The first-order valence-corrected chi connectivity index (χ1v) is 6.99. The molecule has 104 valence electrons. The number of hydrogen-bond acceptors (Lipinski definition) is 5. The molecule has 1 aromatic rings. The van der Waals surface area contributed by atoms with Crippen LogP contribution in [0.3, 0.4) is 0 Å². The van der Waals surface area contributed by atoms with E-state index >= 15 is 0 Å². The molecule has 1 aliphatic rings. The zero-order valence-corrected chi connectivity index (χ0v) is 12.3. The van der Waals surface area contributed by atoms with Crippen LogP contribution in [0.15, 0.2) is 10.7 Å². The molecular weight excluding hydrogens is 314 g/mol. The summed E-state index contributed by atoms with van der Waals surface area (Å²) in [6, 6.07) is 0. The van der Waals surface area contributed by atoms with Crippen LogP contribution in [-0.2, 0) is 0 Å². The molecule has 0 amide bonds. The second-order valence-electron chi connectivity index (χ2n) is 4.78. The number of nitrogens with zero attached hydrogens (tertiary/aromatic N) is 3. The van der Waals surface area contributed by atoms with Gasteiger partial charge in [0.05, 0.1) is 9.40 Å². The molecule has 0 saturated carbocycles. The van der Waals surface area contributed by atoms with E-state index in [4.69, 9.17) is 5.11 Å². The average molecular weight is 330 g/mol. The van der Waals surface area contributed by atoms with E-state index < -0.39 is 4.92 Å². The first-order chi connectivity index (χ1) is 9.04. The van der Waals surface area contributed by atoms with Crippen LogP contribution < -0.4 is 4.90 Å². The number of hydrogen-bond donors (Lipinski definition) is 1. The molecular formula is C12H16BrN3O3. The molecule has 1 saturated heterocycles. The van der Waals surface area contributed by atoms with Crippen LogP contribution >= 0.6 is 15.9 Å². The van der Waals surface area contributed by atoms with Crippen molar-refractivity contribution in [2.24, 2.45) is 5.92 Å². The summed E-state index contributed by atoms with van der Waals surface area (Å²) in [7, 11) is 0. The van der Waals surface area contributed by atoms with Crippen LogP contribution in [0.2, 0.25) is 0 Å². The summed E-state index contributed by atoms with van der Waals surface area (Å²) < 4.78 is 0.684. The number of pyridine rings is 1. The van der Waals surface area contributed by atoms with Crippen molar-refractivity contribution in [1.29, 1.82) is 0 Å². The monoisotopic (exact) mass is 329 g/mol. The number of rotatable bonds is 3. The van der Waals surface area contributed by atoms with Crippen molar-refractivity contribution >= 4 is 27.4 Å². The Bertz CT molecular complexity index is 487. The summed E-state index contributed by atoms with van der Waals surface area (Å²) in [6.07, 6.45) is 3.15. The summed E-state index contributed by atoms with van der Waals surface area (Å²) in [5.41, 5.74) is 0.625. The molecule has 0 radical (unpaired) electrons. The third kappa shape index (κ3) is 2.87. The van der Waals surface area contributed by atoms with Crippen molar-refractivity contribution in [1.82, 2.24) is 4.98 Å². The maximum absolute atomic E-state index is 10.8. The van der Waals surface area contributed by atoms with Gasteiger partial charge in [-0.1, -0.05) is 0 Å². The van der Waals surface area contributed by atoms with Gasteiger partial charge in [0.2, 0.25) is 0 Å². The van der Waals surface area contributed by atoms with Crippen LogP contribution in [0.1, 0.15) is 18.4 Å². The molecule has 0 unspecified atom stereocenters. The highest BCUT2D eigenvalue weighted by atomic mass is 79.9. The van der Waals surface area contributed by atoms with Crippen molar-refractivity contribution in [3.05, 3.63) is 26.3 Å². The van der Waals surface area contributed by atoms with Crippen molar-refractivity contribution in [2.45, 2.75) is 19.8 Å². The van der Waals surface area contributed by atoms with Crippen molar-refractivity contribution in [2.75, 3.05) is 24.6 Å². The highest BCUT2D eigenvalue weighted by molar-refractivity contribution is 9.10. The lowest BCUT2D eigenvalue weighted by Gasteiger charge is -2.32. The molecule has 1 aromatic heterocycles. The number of aliphatic hydroxyl groups is 1. The topological polar surface area (TPSA) is 79.5 Å². The predicted molar refractivity (Wildman–Crippen MR) is 75.4 cm³/mol. The second-order valence-corrected chi connectivity index (χ2v) is 5.57. The fourth-order valence-corrected chi connectivity index (χ4v) is 2.84. The van der Waals surface area contributed by atoms with Crippen LogP contribution in [0.5, 0.6) is 0 Å². The quantitative estimate of drug-likeness (QED) is 0.679. The smallest absolute Gasteiger partial charge is 0.291 e. The van der Waals surface area contributed by atoms with Gasteiger partial charge in [0.1, 0.15) is 12.0 Å². The lowest BCUT2D eigenvalue weighted by Crippen LogP contribution is -2.35. The summed E-state index contributed by atoms with van der Waals surface area (Å²) >= 11 is 3.41. The third-order valence-corrected chi connectivity index (χ3v) is 4.54. The van der Waals surface area contributed by atoms with Crippen LogP contribution in [-0.4, -0.2) is 34.7 Å². The molecule has 0 atom stereocenters. The summed E-state index contributed by atoms with van der Waals surface area (Å²) in [6.45, 7) is 3.57. The Kier molecular flexibility index (Phi) is 4.36. The van der Waals surface area contributed by atoms with Crippen molar-refractivity contribution in [3.63, 3.8) is 0 Å². The normalized spacial score (nSPS) is 16.7. The zero-order valence-electron chi connectivity index (χ0n) is 10.7. The number of anilines is 1. The minimum atomic E-state index is -0.422. The van der Waals surface area contributed by atoms with Gasteiger partial charge in [0.15, 0.2) is 0 Å². The molecule has 7 heteroatoms. The summed E-state index contributed by atoms with van der Waals surface area (Å²) in [4.78, 5) is 16.7. The van der Waals surface area contributed by atoms with E-state index in [-0.39, 0.29) is 12.3 Å². The molecule has 0 spiro atoms. The van der Waals surface area contributed by atoms with E-state index in [9.17, 15) is 10.1 Å². The first-order valence-electron chi connectivity index (χ1n) is 6.20. The zero-order chi connectivity index (χ0) is 14.0. The minimum absolute atomic E-state index is 0.0286. The van der Waals surface area contributed by atoms with Gasteiger partial charge < -0.3 is 10.0 Å². The van der Waals surface area contributed by atoms with Gasteiger partial charge >= 0.3 is 0 Å². The molecule has 6 nitrogen and oxygen atoms in total. The Balaban J connectivity index is 2.22. The van der Waals surface area contributed by atoms with Crippen LogP contribution in [0.4, 0.5) is 11.5 Å². The van der Waals surface area contributed by atoms with Crippen molar-refractivity contribution < 1.29 is 10.0 Å². The number of aliphatic hydroxyl groups excluding tert-OH is 1. The molecule has 1 fully saturated rings. The molecule has 0 bridgehead atoms. The number of halogens is 1. The predicted octanol–water partition coefficient (Wildman–Crippen LogP) is 2.27. The second kappa shape index (κ2) is 5.83. The third-order valence-electron chi connectivity index (χ3n) is 3.59. The van der Waals surface area contributed by atoms with Gasteiger partial charge in [-0.15, -0.1) is 0 Å². The Morgan fingerprint density at radius 2 is 2.21 bits per heavy atom. The maximum atomic E-state index is 10.8. The summed E-state index contributed by atoms with van der Waals surface area (Å²) in [5.74, 6) is 1.11. The minimum Gasteiger partial charge on any atom is -0.396 e. The van der Waals surface area contributed by atoms with Gasteiger partial charge in [-0.3, -0.25) is 10.1 Å². The largest absolute Gasteiger partial charge is 0.396 e. The van der Waals surface area contributed by atoms with E-state index in [1.54, 1.807) is 6.92 Å². The Labute approximate surface area is 119 Å². The Morgan fingerprint density at radius 3 is 2.74 bits per heavy atom. The van der Waals surface area contributed by atoms with E-state index in [0.717, 1.165) is 31.7 Å². The van der Waals surface area contributed by atoms with E-state index in [0.29, 0.717) is 16.0 Å². The maximum Gasteiger partial charge on any atom is 0.291 e. The van der Waals surface area contributed by atoms with E-state index in [2.05, 4.69) is 25.8 Å². The average Bonchev–Trinajstić information content (AvgIpc) is 2.41. The van der Waals surface area contributed by atoms with Crippen molar-refractivity contribution in [3.8, 4) is 0 Å². The highest BCUT2D eigenvalue weighted by Crippen LogP contribution is 2.34. The van der Waals surface area contributed by atoms with E-state index in [1.807, 2.05) is 0 Å². The molecule has 0 aliphatic carbocycles. The Morgan fingerprint density at radius 1 is 1.58 bits per heavy atom. The SMILES string of the molecule is Cc1c([N+](=O)[O-])cnc(N2CCC(CO)CC2)c1Br. The molecule has 0 aromatic carbocycles. The van der Waals surface area contributed by atoms with Gasteiger partial charge in [-0.25, -0.2) is 4.98 Å². The molecule has 19 heavy (non-hydrogen) atoms. The number of nitro groups is 1. The summed E-state index contributed by atoms with van der Waals surface area (Å²) in [5, 5.41) is 20.0. The van der Waals surface area contributed by atoms with Crippen LogP contribution in [0, 0.1) is 23.0 Å². The van der Waals surface area contributed by atoms with Gasteiger partial charge in [-0.2, -0.15) is 0 Å². The van der Waals surface area contributed by atoms with Crippen LogP contribution in [0.25, 0.3) is 0 Å². The standard InChI is InChI=1S/C12H16BrN3O3/c1-8-10(16(18)19)6-14-12(11(8)13)15-4-2-9(7-17)3-5-15/h6,9,17H,2-5,7H2,1H3. The first kappa shape index (κ1) is 14.2.